The second-order valence-electron chi connectivity index (χ2n) is 7.37. The van der Waals surface area contributed by atoms with Crippen LogP contribution in [0, 0.1) is 5.82 Å². The van der Waals surface area contributed by atoms with Crippen LogP contribution in [0.15, 0.2) is 65.1 Å². The SMILES string of the molecule is CCCOc1cn(-c2ccc(F)cc2)nc1C(=O)Nc1nnc(SCC(=O)OCc2ccccc2)s1. The normalized spacial score (nSPS) is 10.7. The maximum absolute atomic E-state index is 13.3. The zero-order chi connectivity index (χ0) is 25.3. The number of nitrogens with zero attached hydrogens (tertiary/aromatic N) is 4. The number of anilines is 1. The number of hydrogen-bond acceptors (Lipinski definition) is 9. The molecule has 2 aromatic carbocycles. The van der Waals surface area contributed by atoms with Gasteiger partial charge in [0.1, 0.15) is 12.4 Å². The van der Waals surface area contributed by atoms with Gasteiger partial charge in [-0.2, -0.15) is 5.10 Å². The van der Waals surface area contributed by atoms with Crippen molar-refractivity contribution in [2.45, 2.75) is 24.3 Å². The summed E-state index contributed by atoms with van der Waals surface area (Å²) >= 11 is 2.29. The maximum atomic E-state index is 13.3. The largest absolute Gasteiger partial charge is 0.489 e. The Labute approximate surface area is 214 Å². The molecule has 1 amide bonds. The summed E-state index contributed by atoms with van der Waals surface area (Å²) in [6.07, 6.45) is 2.31. The van der Waals surface area contributed by atoms with Crippen LogP contribution in [0.2, 0.25) is 0 Å². The molecule has 0 radical (unpaired) electrons. The van der Waals surface area contributed by atoms with Crippen LogP contribution in [0.4, 0.5) is 9.52 Å². The van der Waals surface area contributed by atoms with Crippen LogP contribution in [-0.2, 0) is 16.1 Å². The zero-order valence-corrected chi connectivity index (χ0v) is 20.9. The first kappa shape index (κ1) is 25.3. The number of carbonyl (C=O) groups is 2. The van der Waals surface area contributed by atoms with Crippen molar-refractivity contribution in [3.05, 3.63) is 77.9 Å². The van der Waals surface area contributed by atoms with Gasteiger partial charge in [-0.3, -0.25) is 14.9 Å². The molecule has 0 fully saturated rings. The molecule has 1 N–H and O–H groups in total. The quantitative estimate of drug-likeness (QED) is 0.169. The van der Waals surface area contributed by atoms with E-state index in [1.165, 1.54) is 28.6 Å². The number of halogens is 1. The number of hydrogen-bond donors (Lipinski definition) is 1. The van der Waals surface area contributed by atoms with Crippen LogP contribution in [0.3, 0.4) is 0 Å². The molecular weight excluding hydrogens is 505 g/mol. The van der Waals surface area contributed by atoms with Gasteiger partial charge in [-0.05, 0) is 36.2 Å². The fourth-order valence-corrected chi connectivity index (χ4v) is 4.48. The molecule has 0 spiro atoms. The fourth-order valence-electron chi connectivity index (χ4n) is 2.93. The third kappa shape index (κ3) is 6.89. The molecule has 0 aliphatic carbocycles. The Bertz CT molecular complexity index is 1310. The Morgan fingerprint density at radius 2 is 1.89 bits per heavy atom. The highest BCUT2D eigenvalue weighted by Gasteiger charge is 2.21. The lowest BCUT2D eigenvalue weighted by atomic mass is 10.2. The predicted molar refractivity (Wildman–Crippen MR) is 134 cm³/mol. The number of rotatable bonds is 11. The molecule has 0 saturated heterocycles. The molecule has 12 heteroatoms. The van der Waals surface area contributed by atoms with Crippen molar-refractivity contribution in [2.75, 3.05) is 17.7 Å². The molecule has 0 bridgehead atoms. The van der Waals surface area contributed by atoms with Crippen LogP contribution < -0.4 is 10.1 Å². The van der Waals surface area contributed by atoms with E-state index in [-0.39, 0.29) is 35.0 Å². The molecule has 0 saturated carbocycles. The number of thioether (sulfide) groups is 1. The average Bonchev–Trinajstić information content (AvgIpc) is 3.53. The van der Waals surface area contributed by atoms with E-state index >= 15 is 0 Å². The van der Waals surface area contributed by atoms with E-state index in [1.807, 2.05) is 37.3 Å². The molecule has 0 aliphatic heterocycles. The highest BCUT2D eigenvalue weighted by Crippen LogP contribution is 2.27. The van der Waals surface area contributed by atoms with Crippen LogP contribution in [0.25, 0.3) is 5.69 Å². The highest BCUT2D eigenvalue weighted by atomic mass is 32.2. The maximum Gasteiger partial charge on any atom is 0.316 e. The van der Waals surface area contributed by atoms with Crippen LogP contribution in [0.5, 0.6) is 5.75 Å². The van der Waals surface area contributed by atoms with Crippen molar-refractivity contribution in [1.82, 2.24) is 20.0 Å². The smallest absolute Gasteiger partial charge is 0.316 e. The molecule has 4 rings (SSSR count). The molecule has 36 heavy (non-hydrogen) atoms. The van der Waals surface area contributed by atoms with Gasteiger partial charge in [0.25, 0.3) is 5.91 Å². The fraction of sp³-hybridized carbons (Fsp3) is 0.208. The predicted octanol–water partition coefficient (Wildman–Crippen LogP) is 4.74. The van der Waals surface area contributed by atoms with Gasteiger partial charge in [-0.25, -0.2) is 9.07 Å². The third-order valence-electron chi connectivity index (χ3n) is 4.63. The molecule has 0 atom stereocenters. The molecule has 0 aliphatic rings. The lowest BCUT2D eigenvalue weighted by Crippen LogP contribution is -2.14. The van der Waals surface area contributed by atoms with Crippen molar-refractivity contribution in [2.24, 2.45) is 0 Å². The van der Waals surface area contributed by atoms with Crippen molar-refractivity contribution in [1.29, 1.82) is 0 Å². The molecule has 2 heterocycles. The summed E-state index contributed by atoms with van der Waals surface area (Å²) < 4.78 is 26.2. The minimum absolute atomic E-state index is 0.0571. The van der Waals surface area contributed by atoms with E-state index in [0.717, 1.165) is 23.3 Å². The minimum atomic E-state index is -0.531. The minimum Gasteiger partial charge on any atom is -0.489 e. The van der Waals surface area contributed by atoms with Crippen molar-refractivity contribution in [3.8, 4) is 11.4 Å². The second kappa shape index (κ2) is 12.3. The Morgan fingerprint density at radius 3 is 2.64 bits per heavy atom. The first-order chi connectivity index (χ1) is 17.5. The van der Waals surface area contributed by atoms with Crippen LogP contribution in [-0.4, -0.2) is 44.2 Å². The first-order valence-electron chi connectivity index (χ1n) is 11.0. The number of ether oxygens (including phenoxy) is 2. The number of nitrogens with one attached hydrogen (secondary N) is 1. The molecule has 186 valence electrons. The monoisotopic (exact) mass is 527 g/mol. The molecule has 4 aromatic rings. The van der Waals surface area contributed by atoms with Crippen molar-refractivity contribution >= 4 is 40.1 Å². The number of amides is 1. The summed E-state index contributed by atoms with van der Waals surface area (Å²) in [5.41, 5.74) is 1.54. The average molecular weight is 528 g/mol. The standard InChI is InChI=1S/C24H22FN5O4S2/c1-2-12-33-19-13-30(18-10-8-17(25)9-11-18)29-21(19)22(32)26-23-27-28-24(36-23)35-15-20(31)34-14-16-6-4-3-5-7-16/h3-11,13H,2,12,14-15H2,1H3,(H,26,27,32). The van der Waals surface area contributed by atoms with Crippen LogP contribution >= 0.6 is 23.1 Å². The number of carbonyl (C=O) groups excluding carboxylic acids is 2. The summed E-state index contributed by atoms with van der Waals surface area (Å²) in [5.74, 6) is -0.933. The van der Waals surface area contributed by atoms with Crippen molar-refractivity contribution in [3.63, 3.8) is 0 Å². The second-order valence-corrected chi connectivity index (χ2v) is 9.57. The van der Waals surface area contributed by atoms with E-state index in [0.29, 0.717) is 22.4 Å². The van der Waals surface area contributed by atoms with Gasteiger partial charge in [-0.1, -0.05) is 60.4 Å². The lowest BCUT2D eigenvalue weighted by Gasteiger charge is -2.03. The topological polar surface area (TPSA) is 108 Å². The van der Waals surface area contributed by atoms with Gasteiger partial charge in [0, 0.05) is 0 Å². The Kier molecular flexibility index (Phi) is 8.63. The summed E-state index contributed by atoms with van der Waals surface area (Å²) in [5, 5.41) is 15.2. The van der Waals surface area contributed by atoms with Gasteiger partial charge in [0.15, 0.2) is 15.8 Å². The summed E-state index contributed by atoms with van der Waals surface area (Å²) in [4.78, 5) is 24.9. The molecular formula is C24H22FN5O4S2. The summed E-state index contributed by atoms with van der Waals surface area (Å²) in [7, 11) is 0. The zero-order valence-electron chi connectivity index (χ0n) is 19.2. The van der Waals surface area contributed by atoms with Gasteiger partial charge < -0.3 is 9.47 Å². The summed E-state index contributed by atoms with van der Waals surface area (Å²) in [6, 6.07) is 15.1. The number of esters is 1. The van der Waals surface area contributed by atoms with Gasteiger partial charge in [0.05, 0.1) is 24.2 Å². The third-order valence-corrected chi connectivity index (χ3v) is 6.58. The highest BCUT2D eigenvalue weighted by molar-refractivity contribution is 8.01. The molecule has 9 nitrogen and oxygen atoms in total. The Hall–Kier alpha value is -3.77. The first-order valence-corrected chi connectivity index (χ1v) is 12.8. The molecule has 0 unspecified atom stereocenters. The lowest BCUT2D eigenvalue weighted by molar-refractivity contribution is -0.141. The number of benzene rings is 2. The van der Waals surface area contributed by atoms with E-state index in [4.69, 9.17) is 9.47 Å². The van der Waals surface area contributed by atoms with E-state index < -0.39 is 5.91 Å². The summed E-state index contributed by atoms with van der Waals surface area (Å²) in [6.45, 7) is 2.54. The van der Waals surface area contributed by atoms with Gasteiger partial charge in [0.2, 0.25) is 5.13 Å². The van der Waals surface area contributed by atoms with E-state index in [1.54, 1.807) is 18.3 Å². The van der Waals surface area contributed by atoms with E-state index in [2.05, 4.69) is 20.6 Å². The Morgan fingerprint density at radius 1 is 1.11 bits per heavy atom. The van der Waals surface area contributed by atoms with E-state index in [9.17, 15) is 14.0 Å². The van der Waals surface area contributed by atoms with Gasteiger partial charge >= 0.3 is 5.97 Å². The molecule has 2 aromatic heterocycles. The Balaban J connectivity index is 1.36. The van der Waals surface area contributed by atoms with Gasteiger partial charge in [-0.15, -0.1) is 10.2 Å². The van der Waals surface area contributed by atoms with Crippen molar-refractivity contribution < 1.29 is 23.5 Å². The van der Waals surface area contributed by atoms with Crippen LogP contribution in [0.1, 0.15) is 29.4 Å². The number of aromatic nitrogens is 4.